The second-order valence-electron chi connectivity index (χ2n) is 5.36. The molecule has 0 aliphatic carbocycles. The Kier molecular flexibility index (Phi) is 5.62. The summed E-state index contributed by atoms with van der Waals surface area (Å²) in [6.45, 7) is 3.15. The van der Waals surface area contributed by atoms with Gasteiger partial charge in [-0.05, 0) is 30.5 Å². The number of rotatable bonds is 5. The van der Waals surface area contributed by atoms with Gasteiger partial charge in [-0.1, -0.05) is 37.1 Å². The zero-order chi connectivity index (χ0) is 15.2. The van der Waals surface area contributed by atoms with Crippen LogP contribution in [0.15, 0.2) is 24.3 Å². The molecule has 114 valence electrons. The van der Waals surface area contributed by atoms with Gasteiger partial charge in [0.25, 0.3) is 0 Å². The van der Waals surface area contributed by atoms with Gasteiger partial charge in [0.05, 0.1) is 0 Å². The van der Waals surface area contributed by atoms with Crippen LogP contribution in [0.25, 0.3) is 0 Å². The van der Waals surface area contributed by atoms with Crippen molar-refractivity contribution in [1.29, 1.82) is 0 Å². The summed E-state index contributed by atoms with van der Waals surface area (Å²) < 4.78 is 0. The number of hydrogen-bond donors (Lipinski definition) is 1. The second kappa shape index (κ2) is 7.46. The molecule has 0 radical (unpaired) electrons. The van der Waals surface area contributed by atoms with Crippen LogP contribution in [0.3, 0.4) is 0 Å². The van der Waals surface area contributed by atoms with Crippen LogP contribution < -0.4 is 5.32 Å². The fourth-order valence-electron chi connectivity index (χ4n) is 2.52. The maximum Gasteiger partial charge on any atom is 0.245 e. The minimum Gasteiger partial charge on any atom is -0.344 e. The summed E-state index contributed by atoms with van der Waals surface area (Å²) in [6.07, 6.45) is 2.73. The van der Waals surface area contributed by atoms with Crippen LogP contribution in [0.2, 0.25) is 5.02 Å². The summed E-state index contributed by atoms with van der Waals surface area (Å²) in [5, 5.41) is 3.53. The van der Waals surface area contributed by atoms with Crippen molar-refractivity contribution in [1.82, 2.24) is 10.2 Å². The number of carbonyl (C=O) groups excluding carboxylic acids is 2. The van der Waals surface area contributed by atoms with Crippen LogP contribution in [0.1, 0.15) is 31.7 Å². The first-order valence-corrected chi connectivity index (χ1v) is 7.80. The maximum absolute atomic E-state index is 12.4. The van der Waals surface area contributed by atoms with Gasteiger partial charge in [0.15, 0.2) is 0 Å². The normalized spacial score (nSPS) is 19.3. The Bertz CT molecular complexity index is 502. The van der Waals surface area contributed by atoms with E-state index < -0.39 is 0 Å². The van der Waals surface area contributed by atoms with Gasteiger partial charge in [0, 0.05) is 24.5 Å². The van der Waals surface area contributed by atoms with Crippen LogP contribution in [-0.4, -0.2) is 35.8 Å². The molecule has 1 aromatic carbocycles. The van der Waals surface area contributed by atoms with E-state index in [0.717, 1.165) is 18.4 Å². The van der Waals surface area contributed by atoms with E-state index >= 15 is 0 Å². The average molecular weight is 309 g/mol. The van der Waals surface area contributed by atoms with Gasteiger partial charge in [-0.25, -0.2) is 0 Å². The third kappa shape index (κ3) is 4.46. The predicted octanol–water partition coefficient (Wildman–Crippen LogP) is 2.40. The lowest BCUT2D eigenvalue weighted by Crippen LogP contribution is -2.45. The molecule has 1 heterocycles. The van der Waals surface area contributed by atoms with Crippen molar-refractivity contribution in [3.63, 3.8) is 0 Å². The van der Waals surface area contributed by atoms with E-state index in [1.165, 1.54) is 0 Å². The van der Waals surface area contributed by atoms with E-state index in [4.69, 9.17) is 11.6 Å². The molecule has 2 rings (SSSR count). The van der Waals surface area contributed by atoms with Gasteiger partial charge in [-0.15, -0.1) is 0 Å². The Hall–Kier alpha value is -1.55. The van der Waals surface area contributed by atoms with Crippen molar-refractivity contribution in [3.05, 3.63) is 34.9 Å². The van der Waals surface area contributed by atoms with Gasteiger partial charge >= 0.3 is 0 Å². The Morgan fingerprint density at radius 3 is 2.67 bits per heavy atom. The van der Waals surface area contributed by atoms with Crippen LogP contribution >= 0.6 is 11.6 Å². The number of nitrogens with zero attached hydrogens (tertiary/aromatic N) is 1. The molecular formula is C16H21ClN2O2. The molecule has 4 nitrogen and oxygen atoms in total. The van der Waals surface area contributed by atoms with Crippen molar-refractivity contribution in [2.24, 2.45) is 0 Å². The molecule has 1 N–H and O–H groups in total. The lowest BCUT2D eigenvalue weighted by molar-refractivity contribution is -0.133. The zero-order valence-corrected chi connectivity index (χ0v) is 13.0. The molecule has 5 heteroatoms. The first-order valence-electron chi connectivity index (χ1n) is 7.42. The van der Waals surface area contributed by atoms with Crippen molar-refractivity contribution in [2.45, 2.75) is 38.6 Å². The van der Waals surface area contributed by atoms with E-state index in [0.29, 0.717) is 31.0 Å². The fourth-order valence-corrected chi connectivity index (χ4v) is 2.64. The SMILES string of the molecule is CCCC1NC(=O)CCN(CCc2ccc(Cl)cc2)C1=O. The van der Waals surface area contributed by atoms with E-state index in [1.807, 2.05) is 31.2 Å². The molecule has 1 aliphatic heterocycles. The molecule has 1 aliphatic rings. The van der Waals surface area contributed by atoms with Crippen LogP contribution in [-0.2, 0) is 16.0 Å². The second-order valence-corrected chi connectivity index (χ2v) is 5.80. The molecule has 0 spiro atoms. The van der Waals surface area contributed by atoms with E-state index in [-0.39, 0.29) is 17.9 Å². The average Bonchev–Trinajstić information content (AvgIpc) is 2.60. The highest BCUT2D eigenvalue weighted by atomic mass is 35.5. The molecule has 1 fully saturated rings. The number of carbonyl (C=O) groups is 2. The largest absolute Gasteiger partial charge is 0.344 e. The number of nitrogens with one attached hydrogen (secondary N) is 1. The summed E-state index contributed by atoms with van der Waals surface area (Å²) in [6, 6.07) is 7.28. The summed E-state index contributed by atoms with van der Waals surface area (Å²) in [5.74, 6) is 0.00690. The van der Waals surface area contributed by atoms with Crippen LogP contribution in [0.5, 0.6) is 0 Å². The van der Waals surface area contributed by atoms with Crippen molar-refractivity contribution in [3.8, 4) is 0 Å². The van der Waals surface area contributed by atoms with Gasteiger partial charge in [0.1, 0.15) is 6.04 Å². The van der Waals surface area contributed by atoms with Crippen LogP contribution in [0, 0.1) is 0 Å². The van der Waals surface area contributed by atoms with E-state index in [2.05, 4.69) is 5.32 Å². The highest BCUT2D eigenvalue weighted by molar-refractivity contribution is 6.30. The zero-order valence-electron chi connectivity index (χ0n) is 12.3. The highest BCUT2D eigenvalue weighted by Gasteiger charge is 2.28. The van der Waals surface area contributed by atoms with E-state index in [1.54, 1.807) is 4.90 Å². The topological polar surface area (TPSA) is 49.4 Å². The standard InChI is InChI=1S/C16H21ClN2O2/c1-2-3-14-16(21)19(11-9-15(20)18-14)10-8-12-4-6-13(17)7-5-12/h4-7,14H,2-3,8-11H2,1H3,(H,18,20). The van der Waals surface area contributed by atoms with Gasteiger partial charge in [0.2, 0.25) is 11.8 Å². The summed E-state index contributed by atoms with van der Waals surface area (Å²) in [5.41, 5.74) is 1.14. The number of amides is 2. The Labute approximate surface area is 130 Å². The monoisotopic (exact) mass is 308 g/mol. The molecule has 0 bridgehead atoms. The maximum atomic E-state index is 12.4. The quantitative estimate of drug-likeness (QED) is 0.908. The van der Waals surface area contributed by atoms with Gasteiger partial charge in [-0.3, -0.25) is 9.59 Å². The Balaban J connectivity index is 1.98. The minimum atomic E-state index is -0.366. The predicted molar refractivity (Wildman–Crippen MR) is 83.2 cm³/mol. The smallest absolute Gasteiger partial charge is 0.245 e. The Morgan fingerprint density at radius 1 is 1.29 bits per heavy atom. The number of halogens is 1. The number of benzene rings is 1. The Morgan fingerprint density at radius 2 is 2.00 bits per heavy atom. The minimum absolute atomic E-state index is 0.0317. The van der Waals surface area contributed by atoms with E-state index in [9.17, 15) is 9.59 Å². The first-order chi connectivity index (χ1) is 10.1. The van der Waals surface area contributed by atoms with Gasteiger partial charge < -0.3 is 10.2 Å². The molecule has 0 saturated carbocycles. The molecule has 1 aromatic rings. The summed E-state index contributed by atoms with van der Waals surface area (Å²) >= 11 is 5.86. The lowest BCUT2D eigenvalue weighted by atomic mass is 10.1. The molecule has 21 heavy (non-hydrogen) atoms. The molecule has 1 saturated heterocycles. The third-order valence-electron chi connectivity index (χ3n) is 3.71. The molecule has 1 atom stereocenters. The van der Waals surface area contributed by atoms with Crippen molar-refractivity contribution in [2.75, 3.05) is 13.1 Å². The van der Waals surface area contributed by atoms with Crippen molar-refractivity contribution >= 4 is 23.4 Å². The van der Waals surface area contributed by atoms with Crippen molar-refractivity contribution < 1.29 is 9.59 Å². The lowest BCUT2D eigenvalue weighted by Gasteiger charge is -2.23. The van der Waals surface area contributed by atoms with Crippen LogP contribution in [0.4, 0.5) is 0 Å². The fraction of sp³-hybridized carbons (Fsp3) is 0.500. The third-order valence-corrected chi connectivity index (χ3v) is 3.97. The molecule has 2 amide bonds. The summed E-state index contributed by atoms with van der Waals surface area (Å²) in [7, 11) is 0. The summed E-state index contributed by atoms with van der Waals surface area (Å²) in [4.78, 5) is 25.9. The molecule has 0 aromatic heterocycles. The number of hydrogen-bond acceptors (Lipinski definition) is 2. The molecular weight excluding hydrogens is 288 g/mol. The van der Waals surface area contributed by atoms with Gasteiger partial charge in [-0.2, -0.15) is 0 Å². The molecule has 1 unspecified atom stereocenters. The highest BCUT2D eigenvalue weighted by Crippen LogP contribution is 2.12. The first kappa shape index (κ1) is 15.8.